The molecule has 1 saturated heterocycles. The molecule has 0 aromatic heterocycles. The van der Waals surface area contributed by atoms with Crippen molar-refractivity contribution < 1.29 is 14.4 Å². The third kappa shape index (κ3) is 3.69. The molecule has 4 amide bonds. The fourth-order valence-electron chi connectivity index (χ4n) is 3.33. The molecule has 1 unspecified atom stereocenters. The van der Waals surface area contributed by atoms with Crippen molar-refractivity contribution in [3.63, 3.8) is 0 Å². The molecule has 0 aromatic carbocycles. The van der Waals surface area contributed by atoms with Gasteiger partial charge in [0.2, 0.25) is 5.91 Å². The second-order valence-electron chi connectivity index (χ2n) is 7.54. The van der Waals surface area contributed by atoms with Crippen molar-refractivity contribution in [1.82, 2.24) is 15.5 Å². The molecule has 0 spiro atoms. The van der Waals surface area contributed by atoms with Crippen LogP contribution in [0.4, 0.5) is 4.79 Å². The van der Waals surface area contributed by atoms with Crippen molar-refractivity contribution in [3.05, 3.63) is 0 Å². The molecule has 2 fully saturated rings. The number of nitriles is 1. The van der Waals surface area contributed by atoms with Crippen LogP contribution in [0.2, 0.25) is 0 Å². The Balaban J connectivity index is 1.99. The maximum Gasteiger partial charge on any atom is 0.325 e. The first-order chi connectivity index (χ1) is 11.2. The highest BCUT2D eigenvalue weighted by Gasteiger charge is 2.48. The summed E-state index contributed by atoms with van der Waals surface area (Å²) in [4.78, 5) is 37.9. The van der Waals surface area contributed by atoms with Crippen molar-refractivity contribution in [1.29, 1.82) is 5.26 Å². The topological polar surface area (TPSA) is 102 Å². The molecule has 7 nitrogen and oxygen atoms in total. The lowest BCUT2D eigenvalue weighted by Gasteiger charge is -2.24. The van der Waals surface area contributed by atoms with Gasteiger partial charge in [0.05, 0.1) is 6.07 Å². The van der Waals surface area contributed by atoms with E-state index in [0.717, 1.165) is 24.2 Å². The zero-order valence-electron chi connectivity index (χ0n) is 14.6. The van der Waals surface area contributed by atoms with Crippen LogP contribution < -0.4 is 10.6 Å². The Morgan fingerprint density at radius 2 is 2.00 bits per heavy atom. The molecule has 2 rings (SSSR count). The van der Waals surface area contributed by atoms with Crippen LogP contribution in [0.3, 0.4) is 0 Å². The van der Waals surface area contributed by atoms with Crippen LogP contribution in [0.1, 0.15) is 59.3 Å². The molecule has 1 aliphatic carbocycles. The lowest BCUT2D eigenvalue weighted by Crippen LogP contribution is -2.50. The minimum absolute atomic E-state index is 0.342. The summed E-state index contributed by atoms with van der Waals surface area (Å²) in [6.07, 6.45) is 4.35. The third-order valence-electron chi connectivity index (χ3n) is 4.92. The number of hydrogen-bond donors (Lipinski definition) is 2. The molecule has 2 aliphatic rings. The highest BCUT2D eigenvalue weighted by molar-refractivity contribution is 6.08. The zero-order valence-corrected chi connectivity index (χ0v) is 14.6. The number of nitrogens with zero attached hydrogens (tertiary/aromatic N) is 2. The molecular weight excluding hydrogens is 308 g/mol. The monoisotopic (exact) mass is 334 g/mol. The molecule has 0 bridgehead atoms. The summed E-state index contributed by atoms with van der Waals surface area (Å²) in [6.45, 7) is 5.46. The Hall–Kier alpha value is -2.10. The molecule has 7 heteroatoms. The smallest absolute Gasteiger partial charge is 0.325 e. The fourth-order valence-corrected chi connectivity index (χ4v) is 3.33. The number of amides is 4. The molecule has 24 heavy (non-hydrogen) atoms. The summed E-state index contributed by atoms with van der Waals surface area (Å²) in [5.74, 6) is -0.419. The molecule has 1 heterocycles. The predicted molar refractivity (Wildman–Crippen MR) is 87.7 cm³/mol. The van der Waals surface area contributed by atoms with E-state index in [-0.39, 0.29) is 12.5 Å². The number of rotatable bonds is 6. The van der Waals surface area contributed by atoms with E-state index < -0.39 is 23.0 Å². The van der Waals surface area contributed by atoms with E-state index in [4.69, 9.17) is 0 Å². The second-order valence-corrected chi connectivity index (χ2v) is 7.54. The quantitative estimate of drug-likeness (QED) is 0.721. The number of urea groups is 1. The Morgan fingerprint density at radius 3 is 2.54 bits per heavy atom. The van der Waals surface area contributed by atoms with Crippen LogP contribution in [0.25, 0.3) is 0 Å². The SMILES string of the molecule is CC(C)CCC1(C)NC(=O)N(CC(=O)NC2(C#N)CCCC2)C1=O. The van der Waals surface area contributed by atoms with Crippen LogP contribution in [0, 0.1) is 17.2 Å². The van der Waals surface area contributed by atoms with E-state index in [2.05, 4.69) is 30.6 Å². The molecule has 1 atom stereocenters. The summed E-state index contributed by atoms with van der Waals surface area (Å²) in [7, 11) is 0. The van der Waals surface area contributed by atoms with Gasteiger partial charge in [0, 0.05) is 0 Å². The van der Waals surface area contributed by atoms with Crippen molar-refractivity contribution in [2.24, 2.45) is 5.92 Å². The van der Waals surface area contributed by atoms with Gasteiger partial charge in [0.1, 0.15) is 17.6 Å². The Kier molecular flexibility index (Phi) is 5.16. The van der Waals surface area contributed by atoms with E-state index in [0.29, 0.717) is 25.2 Å². The third-order valence-corrected chi connectivity index (χ3v) is 4.92. The van der Waals surface area contributed by atoms with Crippen LogP contribution in [-0.4, -0.2) is 40.4 Å². The molecular formula is C17H26N4O3. The molecule has 0 aromatic rings. The van der Waals surface area contributed by atoms with Crippen molar-refractivity contribution >= 4 is 17.8 Å². The van der Waals surface area contributed by atoms with Crippen molar-refractivity contribution in [2.75, 3.05) is 6.54 Å². The number of imide groups is 1. The molecule has 0 radical (unpaired) electrons. The first kappa shape index (κ1) is 18.2. The minimum Gasteiger partial charge on any atom is -0.336 e. The average molecular weight is 334 g/mol. The highest BCUT2D eigenvalue weighted by atomic mass is 16.2. The van der Waals surface area contributed by atoms with E-state index in [1.165, 1.54) is 0 Å². The van der Waals surface area contributed by atoms with Crippen molar-refractivity contribution in [3.8, 4) is 6.07 Å². The van der Waals surface area contributed by atoms with Gasteiger partial charge in [-0.25, -0.2) is 4.79 Å². The summed E-state index contributed by atoms with van der Waals surface area (Å²) in [5.41, 5.74) is -1.81. The number of carbonyl (C=O) groups is 3. The normalized spacial score (nSPS) is 25.7. The van der Waals surface area contributed by atoms with E-state index in [9.17, 15) is 19.6 Å². The molecule has 132 valence electrons. The predicted octanol–water partition coefficient (Wildman–Crippen LogP) is 1.69. The van der Waals surface area contributed by atoms with Crippen LogP contribution in [-0.2, 0) is 9.59 Å². The van der Waals surface area contributed by atoms with Crippen LogP contribution in [0.5, 0.6) is 0 Å². The molecule has 1 saturated carbocycles. The average Bonchev–Trinajstić information content (AvgIpc) is 3.05. The first-order valence-electron chi connectivity index (χ1n) is 8.58. The Labute approximate surface area is 142 Å². The summed E-state index contributed by atoms with van der Waals surface area (Å²) < 4.78 is 0. The number of nitrogens with one attached hydrogen (secondary N) is 2. The zero-order chi connectivity index (χ0) is 18.0. The van der Waals surface area contributed by atoms with Crippen LogP contribution >= 0.6 is 0 Å². The second kappa shape index (κ2) is 6.80. The summed E-state index contributed by atoms with van der Waals surface area (Å²) >= 11 is 0. The first-order valence-corrected chi connectivity index (χ1v) is 8.58. The van der Waals surface area contributed by atoms with E-state index in [1.807, 2.05) is 0 Å². The van der Waals surface area contributed by atoms with Gasteiger partial charge in [0.15, 0.2) is 0 Å². The van der Waals surface area contributed by atoms with Gasteiger partial charge in [-0.1, -0.05) is 13.8 Å². The molecule has 2 N–H and O–H groups in total. The maximum absolute atomic E-state index is 12.6. The number of hydrogen-bond acceptors (Lipinski definition) is 4. The fraction of sp³-hybridized carbons (Fsp3) is 0.765. The van der Waals surface area contributed by atoms with Gasteiger partial charge in [-0.15, -0.1) is 0 Å². The van der Waals surface area contributed by atoms with Gasteiger partial charge in [0.25, 0.3) is 5.91 Å². The van der Waals surface area contributed by atoms with Gasteiger partial charge in [-0.3, -0.25) is 14.5 Å². The Bertz CT molecular complexity index is 575. The lowest BCUT2D eigenvalue weighted by molar-refractivity contribution is -0.135. The minimum atomic E-state index is -0.956. The van der Waals surface area contributed by atoms with Gasteiger partial charge in [-0.2, -0.15) is 5.26 Å². The standard InChI is InChI=1S/C17H26N4O3/c1-12(2)6-9-16(3)14(23)21(15(24)20-16)10-13(22)19-17(11-18)7-4-5-8-17/h12H,4-10H2,1-3H3,(H,19,22)(H,20,24). The van der Waals surface area contributed by atoms with Gasteiger partial charge >= 0.3 is 6.03 Å². The summed E-state index contributed by atoms with van der Waals surface area (Å²) in [6, 6.07) is 1.63. The largest absolute Gasteiger partial charge is 0.336 e. The van der Waals surface area contributed by atoms with Crippen LogP contribution in [0.15, 0.2) is 0 Å². The Morgan fingerprint density at radius 1 is 1.38 bits per heavy atom. The van der Waals surface area contributed by atoms with Gasteiger partial charge < -0.3 is 10.6 Å². The van der Waals surface area contributed by atoms with Crippen molar-refractivity contribution in [2.45, 2.75) is 70.4 Å². The summed E-state index contributed by atoms with van der Waals surface area (Å²) in [5, 5.41) is 14.7. The molecule has 1 aliphatic heterocycles. The van der Waals surface area contributed by atoms with E-state index >= 15 is 0 Å². The lowest BCUT2D eigenvalue weighted by atomic mass is 9.92. The maximum atomic E-state index is 12.6. The van der Waals surface area contributed by atoms with Gasteiger partial charge in [-0.05, 0) is 51.4 Å². The van der Waals surface area contributed by atoms with E-state index in [1.54, 1.807) is 6.92 Å². The highest BCUT2D eigenvalue weighted by Crippen LogP contribution is 2.29. The number of carbonyl (C=O) groups excluding carboxylic acids is 3.